The minimum atomic E-state index is 0.189. The van der Waals surface area contributed by atoms with Crippen molar-refractivity contribution in [3.05, 3.63) is 5.82 Å². The van der Waals surface area contributed by atoms with Crippen LogP contribution in [-0.2, 0) is 0 Å². The highest BCUT2D eigenvalue weighted by atomic mass is 32.2. The predicted octanol–water partition coefficient (Wildman–Crippen LogP) is 1.27. The zero-order valence-corrected chi connectivity index (χ0v) is 10.6. The first kappa shape index (κ1) is 12.4. The van der Waals surface area contributed by atoms with E-state index in [0.29, 0.717) is 6.04 Å². The largest absolute Gasteiger partial charge is 0.311 e. The third kappa shape index (κ3) is 3.17. The van der Waals surface area contributed by atoms with Crippen molar-refractivity contribution in [2.24, 2.45) is 0 Å². The molecule has 1 rings (SSSR count). The third-order valence-electron chi connectivity index (χ3n) is 2.32. The van der Waals surface area contributed by atoms with E-state index in [1.807, 2.05) is 23.5 Å². The Hall–Kier alpha value is -0.620. The van der Waals surface area contributed by atoms with Crippen molar-refractivity contribution < 1.29 is 0 Å². The predicted molar refractivity (Wildman–Crippen MR) is 63.0 cm³/mol. The molecule has 0 aliphatic heterocycles. The SMILES string of the molecule is CCSCC(C)n1nnnc1C(C)NC. The molecule has 1 heterocycles. The van der Waals surface area contributed by atoms with Crippen LogP contribution >= 0.6 is 11.8 Å². The Bertz CT molecular complexity index is 288. The van der Waals surface area contributed by atoms with Crippen LogP contribution in [0, 0.1) is 0 Å². The maximum absolute atomic E-state index is 4.05. The van der Waals surface area contributed by atoms with Gasteiger partial charge in [-0.15, -0.1) is 5.10 Å². The molecule has 0 aliphatic carbocycles. The van der Waals surface area contributed by atoms with Gasteiger partial charge in [-0.05, 0) is 37.1 Å². The first-order valence-corrected chi connectivity index (χ1v) is 6.38. The molecule has 15 heavy (non-hydrogen) atoms. The zero-order valence-electron chi connectivity index (χ0n) is 9.77. The van der Waals surface area contributed by atoms with Crippen LogP contribution in [0.25, 0.3) is 0 Å². The number of tetrazole rings is 1. The number of thioether (sulfide) groups is 1. The van der Waals surface area contributed by atoms with Gasteiger partial charge in [0, 0.05) is 5.75 Å². The summed E-state index contributed by atoms with van der Waals surface area (Å²) in [5, 5.41) is 15.0. The van der Waals surface area contributed by atoms with E-state index < -0.39 is 0 Å². The van der Waals surface area contributed by atoms with Gasteiger partial charge in [-0.25, -0.2) is 4.68 Å². The molecule has 0 saturated heterocycles. The van der Waals surface area contributed by atoms with Crippen LogP contribution in [0.15, 0.2) is 0 Å². The van der Waals surface area contributed by atoms with Gasteiger partial charge in [-0.2, -0.15) is 11.8 Å². The molecule has 0 radical (unpaired) electrons. The van der Waals surface area contributed by atoms with E-state index in [1.54, 1.807) is 0 Å². The molecule has 6 heteroatoms. The zero-order chi connectivity index (χ0) is 11.3. The Morgan fingerprint density at radius 2 is 2.20 bits per heavy atom. The summed E-state index contributed by atoms with van der Waals surface area (Å²) in [5.74, 6) is 3.08. The summed E-state index contributed by atoms with van der Waals surface area (Å²) in [6.45, 7) is 6.36. The van der Waals surface area contributed by atoms with E-state index >= 15 is 0 Å². The van der Waals surface area contributed by atoms with Crippen molar-refractivity contribution >= 4 is 11.8 Å². The summed E-state index contributed by atoms with van der Waals surface area (Å²) in [4.78, 5) is 0. The van der Waals surface area contributed by atoms with Crippen molar-refractivity contribution in [2.45, 2.75) is 32.9 Å². The molecule has 0 fully saturated rings. The monoisotopic (exact) mass is 229 g/mol. The summed E-state index contributed by atoms with van der Waals surface area (Å²) in [6.07, 6.45) is 0. The van der Waals surface area contributed by atoms with Gasteiger partial charge >= 0.3 is 0 Å². The molecule has 1 N–H and O–H groups in total. The Labute approximate surface area is 95.0 Å². The Morgan fingerprint density at radius 1 is 1.47 bits per heavy atom. The quantitative estimate of drug-likeness (QED) is 0.796. The van der Waals surface area contributed by atoms with Gasteiger partial charge in [0.15, 0.2) is 5.82 Å². The van der Waals surface area contributed by atoms with Crippen LogP contribution in [0.1, 0.15) is 38.7 Å². The van der Waals surface area contributed by atoms with Crippen LogP contribution in [0.2, 0.25) is 0 Å². The van der Waals surface area contributed by atoms with Crippen LogP contribution in [0.4, 0.5) is 0 Å². The average Bonchev–Trinajstić information content (AvgIpc) is 2.73. The summed E-state index contributed by atoms with van der Waals surface area (Å²) in [5.41, 5.74) is 0. The maximum Gasteiger partial charge on any atom is 0.168 e. The molecule has 1 aromatic rings. The lowest BCUT2D eigenvalue weighted by Gasteiger charge is -2.15. The number of aromatic nitrogens is 4. The molecule has 0 bridgehead atoms. The molecule has 0 aliphatic rings. The van der Waals surface area contributed by atoms with Gasteiger partial charge < -0.3 is 5.32 Å². The molecule has 86 valence electrons. The molecular weight excluding hydrogens is 210 g/mol. The van der Waals surface area contributed by atoms with E-state index in [0.717, 1.165) is 17.3 Å². The molecule has 2 atom stereocenters. The smallest absolute Gasteiger partial charge is 0.168 e. The average molecular weight is 229 g/mol. The fraction of sp³-hybridized carbons (Fsp3) is 0.889. The second-order valence-corrected chi connectivity index (χ2v) is 4.82. The summed E-state index contributed by atoms with van der Waals surface area (Å²) in [7, 11) is 1.91. The molecule has 2 unspecified atom stereocenters. The number of hydrogen-bond donors (Lipinski definition) is 1. The molecule has 0 spiro atoms. The molecule has 0 aromatic carbocycles. The third-order valence-corrected chi connectivity index (χ3v) is 3.45. The standard InChI is InChI=1S/C9H19N5S/c1-5-15-6-7(2)14-9(8(3)10-4)11-12-13-14/h7-8,10H,5-6H2,1-4H3. The topological polar surface area (TPSA) is 55.6 Å². The van der Waals surface area contributed by atoms with Crippen LogP contribution in [0.5, 0.6) is 0 Å². The molecule has 0 amide bonds. The number of nitrogens with zero attached hydrogens (tertiary/aromatic N) is 4. The summed E-state index contributed by atoms with van der Waals surface area (Å²) in [6, 6.07) is 0.532. The molecule has 0 saturated carbocycles. The number of rotatable bonds is 6. The lowest BCUT2D eigenvalue weighted by atomic mass is 10.3. The minimum Gasteiger partial charge on any atom is -0.311 e. The lowest BCUT2D eigenvalue weighted by molar-refractivity contribution is 0.467. The Balaban J connectivity index is 2.71. The van der Waals surface area contributed by atoms with Crippen LogP contribution in [-0.4, -0.2) is 38.8 Å². The maximum atomic E-state index is 4.05. The number of nitrogens with one attached hydrogen (secondary N) is 1. The first-order chi connectivity index (χ1) is 7.20. The fourth-order valence-electron chi connectivity index (χ4n) is 1.29. The van der Waals surface area contributed by atoms with E-state index in [9.17, 15) is 0 Å². The second kappa shape index (κ2) is 6.07. The van der Waals surface area contributed by atoms with Gasteiger partial charge in [0.2, 0.25) is 0 Å². The van der Waals surface area contributed by atoms with E-state index in [1.165, 1.54) is 0 Å². The van der Waals surface area contributed by atoms with Crippen molar-refractivity contribution in [3.8, 4) is 0 Å². The van der Waals surface area contributed by atoms with Crippen molar-refractivity contribution in [2.75, 3.05) is 18.6 Å². The highest BCUT2D eigenvalue weighted by Crippen LogP contribution is 2.16. The van der Waals surface area contributed by atoms with Crippen LogP contribution < -0.4 is 5.32 Å². The van der Waals surface area contributed by atoms with E-state index in [2.05, 4.69) is 41.6 Å². The van der Waals surface area contributed by atoms with E-state index in [4.69, 9.17) is 0 Å². The Morgan fingerprint density at radius 3 is 2.80 bits per heavy atom. The fourth-order valence-corrected chi connectivity index (χ4v) is 2.01. The highest BCUT2D eigenvalue weighted by molar-refractivity contribution is 7.99. The van der Waals surface area contributed by atoms with Crippen molar-refractivity contribution in [1.29, 1.82) is 0 Å². The first-order valence-electron chi connectivity index (χ1n) is 5.23. The Kier molecular flexibility index (Phi) is 5.04. The molecule has 1 aromatic heterocycles. The van der Waals surface area contributed by atoms with Gasteiger partial charge in [0.05, 0.1) is 12.1 Å². The molecular formula is C9H19N5S. The summed E-state index contributed by atoms with van der Waals surface area (Å²) >= 11 is 1.91. The number of hydrogen-bond acceptors (Lipinski definition) is 5. The van der Waals surface area contributed by atoms with Crippen molar-refractivity contribution in [1.82, 2.24) is 25.5 Å². The summed E-state index contributed by atoms with van der Waals surface area (Å²) < 4.78 is 1.91. The van der Waals surface area contributed by atoms with Gasteiger partial charge in [0.1, 0.15) is 0 Å². The normalized spacial score (nSPS) is 15.2. The lowest BCUT2D eigenvalue weighted by Crippen LogP contribution is -2.21. The second-order valence-electron chi connectivity index (χ2n) is 3.50. The van der Waals surface area contributed by atoms with E-state index in [-0.39, 0.29) is 6.04 Å². The van der Waals surface area contributed by atoms with Crippen LogP contribution in [0.3, 0.4) is 0 Å². The van der Waals surface area contributed by atoms with Gasteiger partial charge in [-0.1, -0.05) is 6.92 Å². The highest BCUT2D eigenvalue weighted by Gasteiger charge is 2.16. The minimum absolute atomic E-state index is 0.189. The molecule has 5 nitrogen and oxygen atoms in total. The van der Waals surface area contributed by atoms with Gasteiger partial charge in [0.25, 0.3) is 0 Å². The van der Waals surface area contributed by atoms with Gasteiger partial charge in [-0.3, -0.25) is 0 Å². The van der Waals surface area contributed by atoms with Crippen molar-refractivity contribution in [3.63, 3.8) is 0 Å².